The van der Waals surface area contributed by atoms with Crippen LogP contribution in [0.1, 0.15) is 25.6 Å². The number of ether oxygens (including phenoxy) is 2. The zero-order valence-electron chi connectivity index (χ0n) is 12.5. The van der Waals surface area contributed by atoms with Gasteiger partial charge in [-0.15, -0.1) is 0 Å². The highest BCUT2D eigenvalue weighted by Crippen LogP contribution is 2.25. The molecule has 0 aliphatic carbocycles. The van der Waals surface area contributed by atoms with E-state index in [4.69, 9.17) is 14.0 Å². The Kier molecular flexibility index (Phi) is 5.47. The van der Waals surface area contributed by atoms with Crippen molar-refractivity contribution in [3.63, 3.8) is 0 Å². The molecule has 1 saturated heterocycles. The van der Waals surface area contributed by atoms with E-state index in [1.807, 2.05) is 0 Å². The highest BCUT2D eigenvalue weighted by molar-refractivity contribution is 5.02. The molecular formula is C13H24N4O3. The summed E-state index contributed by atoms with van der Waals surface area (Å²) in [6.45, 7) is 9.62. The zero-order chi connectivity index (χ0) is 14.4. The predicted molar refractivity (Wildman–Crippen MR) is 73.3 cm³/mol. The van der Waals surface area contributed by atoms with Crippen LogP contribution in [0.2, 0.25) is 0 Å². The topological polar surface area (TPSA) is 72.7 Å². The van der Waals surface area contributed by atoms with Crippen LogP contribution in [0.4, 0.5) is 0 Å². The number of aromatic nitrogens is 2. The number of piperazine rings is 1. The number of rotatable bonds is 7. The van der Waals surface area contributed by atoms with E-state index in [1.54, 1.807) is 7.11 Å². The fourth-order valence-electron chi connectivity index (χ4n) is 2.23. The van der Waals surface area contributed by atoms with Crippen molar-refractivity contribution in [1.29, 1.82) is 0 Å². The second-order valence-electron chi connectivity index (χ2n) is 5.35. The third kappa shape index (κ3) is 3.76. The van der Waals surface area contributed by atoms with Crippen LogP contribution >= 0.6 is 0 Å². The molecule has 2 rings (SSSR count). The lowest BCUT2D eigenvalue weighted by Gasteiger charge is -2.38. The molecule has 20 heavy (non-hydrogen) atoms. The van der Waals surface area contributed by atoms with Gasteiger partial charge in [-0.3, -0.25) is 4.90 Å². The van der Waals surface area contributed by atoms with E-state index in [0.29, 0.717) is 31.5 Å². The molecular weight excluding hydrogens is 260 g/mol. The SMILES string of the molecule is COCCOCc1nc(C(C)(C)N2CCNCC2)no1. The molecule has 1 aliphatic rings. The van der Waals surface area contributed by atoms with Crippen molar-refractivity contribution in [3.05, 3.63) is 11.7 Å². The van der Waals surface area contributed by atoms with Gasteiger partial charge in [-0.05, 0) is 13.8 Å². The van der Waals surface area contributed by atoms with Crippen molar-refractivity contribution in [2.45, 2.75) is 26.0 Å². The Labute approximate surface area is 119 Å². The molecule has 0 radical (unpaired) electrons. The van der Waals surface area contributed by atoms with Gasteiger partial charge in [0.25, 0.3) is 5.89 Å². The van der Waals surface area contributed by atoms with Crippen molar-refractivity contribution in [3.8, 4) is 0 Å². The van der Waals surface area contributed by atoms with Gasteiger partial charge in [0.15, 0.2) is 5.82 Å². The van der Waals surface area contributed by atoms with Crippen LogP contribution in [-0.4, -0.2) is 61.5 Å². The first-order valence-corrected chi connectivity index (χ1v) is 7.00. The molecule has 1 fully saturated rings. The van der Waals surface area contributed by atoms with Gasteiger partial charge in [-0.2, -0.15) is 4.98 Å². The molecule has 7 nitrogen and oxygen atoms in total. The van der Waals surface area contributed by atoms with Gasteiger partial charge >= 0.3 is 0 Å². The number of nitrogens with one attached hydrogen (secondary N) is 1. The van der Waals surface area contributed by atoms with Crippen LogP contribution in [0.25, 0.3) is 0 Å². The lowest BCUT2D eigenvalue weighted by molar-refractivity contribution is 0.0494. The molecule has 0 saturated carbocycles. The molecule has 1 aromatic rings. The monoisotopic (exact) mass is 284 g/mol. The first-order valence-electron chi connectivity index (χ1n) is 7.00. The summed E-state index contributed by atoms with van der Waals surface area (Å²) in [5, 5.41) is 7.45. The van der Waals surface area contributed by atoms with Crippen molar-refractivity contribution in [1.82, 2.24) is 20.4 Å². The van der Waals surface area contributed by atoms with Gasteiger partial charge < -0.3 is 19.3 Å². The van der Waals surface area contributed by atoms with Gasteiger partial charge in [-0.1, -0.05) is 5.16 Å². The van der Waals surface area contributed by atoms with Crippen LogP contribution in [0.5, 0.6) is 0 Å². The third-order valence-electron chi connectivity index (χ3n) is 3.58. The molecule has 0 bridgehead atoms. The van der Waals surface area contributed by atoms with E-state index in [2.05, 4.69) is 34.2 Å². The summed E-state index contributed by atoms with van der Waals surface area (Å²) in [7, 11) is 1.64. The second kappa shape index (κ2) is 7.12. The Morgan fingerprint density at radius 1 is 1.30 bits per heavy atom. The lowest BCUT2D eigenvalue weighted by atomic mass is 10.0. The normalized spacial score (nSPS) is 17.6. The summed E-state index contributed by atoms with van der Waals surface area (Å²) in [5.74, 6) is 1.23. The van der Waals surface area contributed by atoms with Crippen LogP contribution in [0.3, 0.4) is 0 Å². The van der Waals surface area contributed by atoms with E-state index in [-0.39, 0.29) is 5.54 Å². The van der Waals surface area contributed by atoms with Gasteiger partial charge in [0, 0.05) is 33.3 Å². The van der Waals surface area contributed by atoms with Gasteiger partial charge in [-0.25, -0.2) is 0 Å². The Bertz CT molecular complexity index is 402. The molecule has 1 aliphatic heterocycles. The quantitative estimate of drug-likeness (QED) is 0.725. The number of nitrogens with zero attached hydrogens (tertiary/aromatic N) is 3. The average Bonchev–Trinajstić information content (AvgIpc) is 2.94. The van der Waals surface area contributed by atoms with Crippen molar-refractivity contribution >= 4 is 0 Å². The van der Waals surface area contributed by atoms with Crippen molar-refractivity contribution in [2.75, 3.05) is 46.5 Å². The Morgan fingerprint density at radius 2 is 2.05 bits per heavy atom. The molecule has 1 aromatic heterocycles. The summed E-state index contributed by atoms with van der Waals surface area (Å²) in [5.41, 5.74) is -0.226. The maximum Gasteiger partial charge on any atom is 0.252 e. The molecule has 0 amide bonds. The minimum Gasteiger partial charge on any atom is -0.382 e. The number of hydrogen-bond donors (Lipinski definition) is 1. The van der Waals surface area contributed by atoms with Gasteiger partial charge in [0.05, 0.1) is 18.8 Å². The summed E-state index contributed by atoms with van der Waals surface area (Å²) in [6, 6.07) is 0. The van der Waals surface area contributed by atoms with Crippen LogP contribution < -0.4 is 5.32 Å². The Hall–Kier alpha value is -1.02. The zero-order valence-corrected chi connectivity index (χ0v) is 12.5. The summed E-state index contributed by atoms with van der Waals surface area (Å²) in [6.07, 6.45) is 0. The average molecular weight is 284 g/mol. The maximum atomic E-state index is 5.39. The van der Waals surface area contributed by atoms with Crippen molar-refractivity contribution in [2.24, 2.45) is 0 Å². The maximum absolute atomic E-state index is 5.39. The number of methoxy groups -OCH3 is 1. The fourth-order valence-corrected chi connectivity index (χ4v) is 2.23. The molecule has 114 valence electrons. The molecule has 7 heteroatoms. The minimum absolute atomic E-state index is 0.226. The molecule has 2 heterocycles. The standard InChI is InChI=1S/C13H24N4O3/c1-13(2,17-6-4-14-5-7-17)12-15-11(20-16-12)10-19-9-8-18-3/h14H,4-10H2,1-3H3. The van der Waals surface area contributed by atoms with Gasteiger partial charge in [0.2, 0.25) is 0 Å². The summed E-state index contributed by atoms with van der Waals surface area (Å²) < 4.78 is 15.6. The van der Waals surface area contributed by atoms with E-state index in [1.165, 1.54) is 0 Å². The third-order valence-corrected chi connectivity index (χ3v) is 3.58. The van der Waals surface area contributed by atoms with Gasteiger partial charge in [0.1, 0.15) is 6.61 Å². The van der Waals surface area contributed by atoms with Crippen LogP contribution in [0, 0.1) is 0 Å². The van der Waals surface area contributed by atoms with E-state index >= 15 is 0 Å². The Balaban J connectivity index is 1.92. The molecule has 1 N–H and O–H groups in total. The highest BCUT2D eigenvalue weighted by atomic mass is 16.5. The van der Waals surface area contributed by atoms with Crippen LogP contribution in [-0.2, 0) is 21.6 Å². The van der Waals surface area contributed by atoms with E-state index in [9.17, 15) is 0 Å². The largest absolute Gasteiger partial charge is 0.382 e. The smallest absolute Gasteiger partial charge is 0.252 e. The van der Waals surface area contributed by atoms with Crippen molar-refractivity contribution < 1.29 is 14.0 Å². The molecule has 0 spiro atoms. The molecule has 0 unspecified atom stereocenters. The first kappa shape index (κ1) is 15.4. The Morgan fingerprint density at radius 3 is 2.75 bits per heavy atom. The first-order chi connectivity index (χ1) is 9.64. The fraction of sp³-hybridized carbons (Fsp3) is 0.846. The van der Waals surface area contributed by atoms with E-state index in [0.717, 1.165) is 26.2 Å². The van der Waals surface area contributed by atoms with E-state index < -0.39 is 0 Å². The highest BCUT2D eigenvalue weighted by Gasteiger charge is 2.34. The molecule has 0 atom stereocenters. The lowest BCUT2D eigenvalue weighted by Crippen LogP contribution is -2.52. The number of hydrogen-bond acceptors (Lipinski definition) is 7. The minimum atomic E-state index is -0.226. The summed E-state index contributed by atoms with van der Waals surface area (Å²) in [4.78, 5) is 6.81. The second-order valence-corrected chi connectivity index (χ2v) is 5.35. The predicted octanol–water partition coefficient (Wildman–Crippen LogP) is 0.373. The summed E-state index contributed by atoms with van der Waals surface area (Å²) >= 11 is 0. The van der Waals surface area contributed by atoms with Crippen LogP contribution in [0.15, 0.2) is 4.52 Å². The molecule has 0 aromatic carbocycles.